The fourth-order valence-corrected chi connectivity index (χ4v) is 3.18. The molecule has 0 heterocycles. The fraction of sp³-hybridized carbons (Fsp3) is 0.467. The van der Waals surface area contributed by atoms with Gasteiger partial charge in [0.25, 0.3) is 0 Å². The molecule has 0 radical (unpaired) electrons. The molecule has 0 aliphatic heterocycles. The molecule has 0 saturated heterocycles. The van der Waals surface area contributed by atoms with Gasteiger partial charge >= 0.3 is 0 Å². The first-order valence-corrected chi connectivity index (χ1v) is 9.55. The van der Waals surface area contributed by atoms with Crippen LogP contribution in [0.4, 0.5) is 0 Å². The van der Waals surface area contributed by atoms with Gasteiger partial charge in [-0.1, -0.05) is 56.0 Å². The fourth-order valence-electron chi connectivity index (χ4n) is 1.69. The molecule has 0 atom stereocenters. The van der Waals surface area contributed by atoms with Crippen LogP contribution in [0.1, 0.15) is 26.3 Å². The van der Waals surface area contributed by atoms with Crippen LogP contribution >= 0.6 is 0 Å². The average Bonchev–Trinajstić information content (AvgIpc) is 2.28. The molecular formula is C15H24OSi. The number of ether oxygens (including phenoxy) is 1. The molecule has 0 bridgehead atoms. The van der Waals surface area contributed by atoms with Crippen LogP contribution in [0.25, 0.3) is 6.08 Å². The molecule has 1 rings (SSSR count). The van der Waals surface area contributed by atoms with Crippen LogP contribution in [0.2, 0.25) is 19.1 Å². The molecule has 0 aliphatic carbocycles. The molecule has 0 saturated carbocycles. The van der Waals surface area contributed by atoms with E-state index in [2.05, 4.69) is 44.8 Å². The lowest BCUT2D eigenvalue weighted by atomic mass is 10.2. The Morgan fingerprint density at radius 1 is 1.35 bits per heavy atom. The third-order valence-corrected chi connectivity index (χ3v) is 6.90. The van der Waals surface area contributed by atoms with E-state index in [1.807, 2.05) is 19.9 Å². The van der Waals surface area contributed by atoms with Crippen LogP contribution in [0.3, 0.4) is 0 Å². The van der Waals surface area contributed by atoms with Gasteiger partial charge in [0, 0.05) is 5.56 Å². The van der Waals surface area contributed by atoms with E-state index in [1.54, 1.807) is 0 Å². The summed E-state index contributed by atoms with van der Waals surface area (Å²) in [5, 5.41) is 1.48. The van der Waals surface area contributed by atoms with E-state index >= 15 is 0 Å². The molecular weight excluding hydrogens is 224 g/mol. The quantitative estimate of drug-likeness (QED) is 0.714. The zero-order valence-electron chi connectivity index (χ0n) is 11.7. The van der Waals surface area contributed by atoms with Crippen LogP contribution < -0.4 is 9.92 Å². The highest BCUT2D eigenvalue weighted by Gasteiger charge is 2.21. The van der Waals surface area contributed by atoms with Gasteiger partial charge in [-0.15, -0.1) is 0 Å². The standard InChI is InChI=1S/C15H24OSi/c1-7-13-11-14(17(5,6)8-2)9-10-15(13)16-12(3)4/h7,9-12H,1,8H2,2-6H3. The van der Waals surface area contributed by atoms with Crippen molar-refractivity contribution in [1.82, 2.24) is 0 Å². The largest absolute Gasteiger partial charge is 0.490 e. The minimum atomic E-state index is -1.27. The average molecular weight is 248 g/mol. The highest BCUT2D eigenvalue weighted by molar-refractivity contribution is 6.89. The van der Waals surface area contributed by atoms with Crippen molar-refractivity contribution in [3.8, 4) is 5.75 Å². The van der Waals surface area contributed by atoms with Gasteiger partial charge in [-0.2, -0.15) is 0 Å². The first-order chi connectivity index (χ1) is 7.90. The third kappa shape index (κ3) is 3.47. The Morgan fingerprint density at radius 2 is 2.00 bits per heavy atom. The molecule has 1 aromatic carbocycles. The summed E-state index contributed by atoms with van der Waals surface area (Å²) in [6.45, 7) is 15.1. The van der Waals surface area contributed by atoms with Crippen LogP contribution in [-0.2, 0) is 0 Å². The lowest BCUT2D eigenvalue weighted by Gasteiger charge is -2.22. The Labute approximate surface area is 107 Å². The normalized spacial score (nSPS) is 11.6. The van der Waals surface area contributed by atoms with Crippen LogP contribution in [0.5, 0.6) is 5.75 Å². The van der Waals surface area contributed by atoms with E-state index < -0.39 is 8.07 Å². The van der Waals surface area contributed by atoms with Crippen LogP contribution in [0.15, 0.2) is 24.8 Å². The Hall–Kier alpha value is -1.02. The summed E-state index contributed by atoms with van der Waals surface area (Å²) in [4.78, 5) is 0. The molecule has 94 valence electrons. The molecule has 0 aromatic heterocycles. The first kappa shape index (κ1) is 14.0. The minimum absolute atomic E-state index is 0.205. The summed E-state index contributed by atoms with van der Waals surface area (Å²) in [5.41, 5.74) is 1.12. The number of hydrogen-bond donors (Lipinski definition) is 0. The highest BCUT2D eigenvalue weighted by Crippen LogP contribution is 2.21. The molecule has 1 aromatic rings. The maximum Gasteiger partial charge on any atom is 0.126 e. The highest BCUT2D eigenvalue weighted by atomic mass is 28.3. The summed E-state index contributed by atoms with van der Waals surface area (Å²) < 4.78 is 5.78. The number of rotatable bonds is 5. The predicted octanol–water partition coefficient (Wildman–Crippen LogP) is 4.05. The minimum Gasteiger partial charge on any atom is -0.490 e. The second-order valence-electron chi connectivity index (χ2n) is 5.36. The van der Waals surface area contributed by atoms with Gasteiger partial charge in [-0.3, -0.25) is 0 Å². The van der Waals surface area contributed by atoms with Gasteiger partial charge in [-0.05, 0) is 19.9 Å². The smallest absolute Gasteiger partial charge is 0.126 e. The Balaban J connectivity index is 3.13. The molecule has 2 heteroatoms. The van der Waals surface area contributed by atoms with Crippen molar-refractivity contribution in [3.05, 3.63) is 30.3 Å². The van der Waals surface area contributed by atoms with Gasteiger partial charge in [0.15, 0.2) is 0 Å². The monoisotopic (exact) mass is 248 g/mol. The summed E-state index contributed by atoms with van der Waals surface area (Å²) in [5.74, 6) is 0.944. The molecule has 0 amide bonds. The van der Waals surface area contributed by atoms with Crippen molar-refractivity contribution in [3.63, 3.8) is 0 Å². The molecule has 0 fully saturated rings. The lowest BCUT2D eigenvalue weighted by molar-refractivity contribution is 0.242. The summed E-state index contributed by atoms with van der Waals surface area (Å²) in [6.07, 6.45) is 2.09. The van der Waals surface area contributed by atoms with Crippen molar-refractivity contribution in [2.24, 2.45) is 0 Å². The molecule has 17 heavy (non-hydrogen) atoms. The van der Waals surface area contributed by atoms with Crippen molar-refractivity contribution >= 4 is 19.3 Å². The number of hydrogen-bond acceptors (Lipinski definition) is 1. The third-order valence-electron chi connectivity index (χ3n) is 3.26. The van der Waals surface area contributed by atoms with Gasteiger partial charge in [-0.25, -0.2) is 0 Å². The second kappa shape index (κ2) is 5.54. The predicted molar refractivity (Wildman–Crippen MR) is 79.9 cm³/mol. The Kier molecular flexibility index (Phi) is 4.58. The van der Waals surface area contributed by atoms with E-state index in [0.29, 0.717) is 0 Å². The molecule has 0 aliphatic rings. The second-order valence-corrected chi connectivity index (χ2v) is 10.4. The number of benzene rings is 1. The van der Waals surface area contributed by atoms with Crippen molar-refractivity contribution in [2.75, 3.05) is 0 Å². The first-order valence-electron chi connectivity index (χ1n) is 6.34. The van der Waals surface area contributed by atoms with Crippen molar-refractivity contribution in [1.29, 1.82) is 0 Å². The summed E-state index contributed by atoms with van der Waals surface area (Å²) in [6, 6.07) is 7.82. The van der Waals surface area contributed by atoms with Gasteiger partial charge in [0.05, 0.1) is 14.2 Å². The van der Waals surface area contributed by atoms with Gasteiger partial charge < -0.3 is 4.74 Å². The summed E-state index contributed by atoms with van der Waals surface area (Å²) >= 11 is 0. The summed E-state index contributed by atoms with van der Waals surface area (Å²) in [7, 11) is -1.27. The zero-order chi connectivity index (χ0) is 13.1. The lowest BCUT2D eigenvalue weighted by Crippen LogP contribution is -2.40. The molecule has 0 unspecified atom stereocenters. The zero-order valence-corrected chi connectivity index (χ0v) is 12.7. The Morgan fingerprint density at radius 3 is 2.47 bits per heavy atom. The van der Waals surface area contributed by atoms with E-state index in [0.717, 1.165) is 11.3 Å². The molecule has 0 N–H and O–H groups in total. The van der Waals surface area contributed by atoms with E-state index in [1.165, 1.54) is 11.2 Å². The SMILES string of the molecule is C=Cc1cc([Si](C)(C)CC)ccc1OC(C)C. The maximum absolute atomic E-state index is 5.78. The van der Waals surface area contributed by atoms with Crippen molar-refractivity contribution < 1.29 is 4.74 Å². The Bertz CT molecular complexity index is 394. The molecule has 0 spiro atoms. The van der Waals surface area contributed by atoms with Gasteiger partial charge in [0.2, 0.25) is 0 Å². The van der Waals surface area contributed by atoms with Crippen molar-refractivity contribution in [2.45, 2.75) is 46.0 Å². The van der Waals surface area contributed by atoms with E-state index in [9.17, 15) is 0 Å². The van der Waals surface area contributed by atoms with Gasteiger partial charge in [0.1, 0.15) is 5.75 Å². The maximum atomic E-state index is 5.78. The van der Waals surface area contributed by atoms with E-state index in [-0.39, 0.29) is 6.10 Å². The van der Waals surface area contributed by atoms with Crippen LogP contribution in [0, 0.1) is 0 Å². The van der Waals surface area contributed by atoms with Crippen LogP contribution in [-0.4, -0.2) is 14.2 Å². The topological polar surface area (TPSA) is 9.23 Å². The van der Waals surface area contributed by atoms with E-state index in [4.69, 9.17) is 4.74 Å². The molecule has 1 nitrogen and oxygen atoms in total.